The van der Waals surface area contributed by atoms with E-state index in [0.717, 1.165) is 43.3 Å². The van der Waals surface area contributed by atoms with Crippen LogP contribution in [0.3, 0.4) is 0 Å². The molecule has 0 spiro atoms. The minimum Gasteiger partial charge on any atom is -0.379 e. The number of piperazine rings is 1. The molecular weight excluding hydrogens is 602 g/mol. The summed E-state index contributed by atoms with van der Waals surface area (Å²) in [4.78, 5) is 31.5. The molecule has 0 radical (unpaired) electrons. The van der Waals surface area contributed by atoms with Crippen LogP contribution in [-0.4, -0.2) is 69.6 Å². The maximum atomic E-state index is 15.1. The van der Waals surface area contributed by atoms with Crippen LogP contribution in [0.4, 0.5) is 27.3 Å². The molecule has 6 rings (SSSR count). The lowest BCUT2D eigenvalue weighted by atomic mass is 10.1. The van der Waals surface area contributed by atoms with Crippen molar-refractivity contribution in [2.45, 2.75) is 26.9 Å². The van der Waals surface area contributed by atoms with Crippen LogP contribution in [0.1, 0.15) is 39.8 Å². The fraction of sp³-hybridized carbons (Fsp3) is 0.265. The van der Waals surface area contributed by atoms with E-state index >= 15 is 4.39 Å². The van der Waals surface area contributed by atoms with E-state index in [4.69, 9.17) is 5.41 Å². The number of aromatic nitrogens is 3. The maximum Gasteiger partial charge on any atom is 0.258 e. The number of pyridine rings is 1. The molecule has 0 bridgehead atoms. The summed E-state index contributed by atoms with van der Waals surface area (Å²) in [5, 5.41) is 19.8. The number of anilines is 4. The van der Waals surface area contributed by atoms with Gasteiger partial charge in [0.15, 0.2) is 5.82 Å². The summed E-state index contributed by atoms with van der Waals surface area (Å²) in [7, 11) is 2.10. The Bertz CT molecular complexity index is 1900. The fourth-order valence-electron chi connectivity index (χ4n) is 5.52. The third-order valence-corrected chi connectivity index (χ3v) is 8.97. The monoisotopic (exact) mass is 637 g/mol. The van der Waals surface area contributed by atoms with Gasteiger partial charge in [0.25, 0.3) is 5.91 Å². The van der Waals surface area contributed by atoms with Crippen LogP contribution in [0, 0.1) is 18.2 Å². The van der Waals surface area contributed by atoms with Gasteiger partial charge in [0.05, 0.1) is 33.7 Å². The van der Waals surface area contributed by atoms with E-state index in [9.17, 15) is 4.79 Å². The Morgan fingerprint density at radius 1 is 1.04 bits per heavy atom. The number of nitrogens with zero attached hydrogens (tertiary/aromatic N) is 5. The number of likely N-dealkylation sites (N-methyl/N-ethyl adjacent to an activating group) is 1. The number of halogens is 1. The second-order valence-corrected chi connectivity index (χ2v) is 12.4. The van der Waals surface area contributed by atoms with Crippen molar-refractivity contribution in [2.75, 3.05) is 49.2 Å². The molecule has 4 heterocycles. The van der Waals surface area contributed by atoms with Crippen LogP contribution in [-0.2, 0) is 13.1 Å². The number of benzene rings is 2. The Morgan fingerprint density at radius 3 is 2.59 bits per heavy atom. The van der Waals surface area contributed by atoms with Crippen LogP contribution in [0.5, 0.6) is 0 Å². The molecule has 0 atom stereocenters. The Balaban J connectivity index is 1.18. The number of amides is 1. The summed E-state index contributed by atoms with van der Waals surface area (Å²) >= 11 is 1.34. The van der Waals surface area contributed by atoms with Crippen molar-refractivity contribution in [2.24, 2.45) is 0 Å². The first-order valence-corrected chi connectivity index (χ1v) is 16.0. The van der Waals surface area contributed by atoms with Gasteiger partial charge in [-0.1, -0.05) is 18.2 Å². The molecule has 10 nitrogen and oxygen atoms in total. The van der Waals surface area contributed by atoms with Crippen molar-refractivity contribution in [1.29, 1.82) is 5.41 Å². The summed E-state index contributed by atoms with van der Waals surface area (Å²) in [5.74, 6) is -0.132. The largest absolute Gasteiger partial charge is 0.379 e. The molecule has 236 valence electrons. The van der Waals surface area contributed by atoms with Gasteiger partial charge in [-0.3, -0.25) is 14.7 Å². The Labute approximate surface area is 271 Å². The summed E-state index contributed by atoms with van der Waals surface area (Å²) in [6.45, 7) is 8.47. The Morgan fingerprint density at radius 2 is 1.83 bits per heavy atom. The van der Waals surface area contributed by atoms with Crippen molar-refractivity contribution < 1.29 is 9.18 Å². The molecule has 0 unspecified atom stereocenters. The van der Waals surface area contributed by atoms with Gasteiger partial charge in [-0.15, -0.1) is 11.3 Å². The third-order valence-electron chi connectivity index (χ3n) is 8.00. The molecule has 3 aromatic heterocycles. The molecular formula is C34H36FN9OS. The molecule has 1 aliphatic heterocycles. The van der Waals surface area contributed by atoms with Gasteiger partial charge < -0.3 is 26.3 Å². The molecule has 1 amide bonds. The molecule has 46 heavy (non-hydrogen) atoms. The second kappa shape index (κ2) is 13.7. The predicted molar refractivity (Wildman–Crippen MR) is 183 cm³/mol. The van der Waals surface area contributed by atoms with Crippen molar-refractivity contribution in [1.82, 2.24) is 24.8 Å². The highest BCUT2D eigenvalue weighted by molar-refractivity contribution is 7.18. The first kappa shape index (κ1) is 31.2. The number of aryl methyl sites for hydroxylation is 1. The fourth-order valence-corrected chi connectivity index (χ4v) is 6.46. The normalized spacial score (nSPS) is 13.9. The Kier molecular flexibility index (Phi) is 9.29. The zero-order chi connectivity index (χ0) is 32.2. The number of carbonyl (C=O) groups is 1. The predicted octanol–water partition coefficient (Wildman–Crippen LogP) is 6.28. The van der Waals surface area contributed by atoms with Gasteiger partial charge in [-0.2, -0.15) is 0 Å². The molecule has 4 N–H and O–H groups in total. The van der Waals surface area contributed by atoms with E-state index in [1.807, 2.05) is 49.4 Å². The van der Waals surface area contributed by atoms with Crippen molar-refractivity contribution in [3.8, 4) is 0 Å². The van der Waals surface area contributed by atoms with Gasteiger partial charge in [-0.05, 0) is 57.3 Å². The van der Waals surface area contributed by atoms with E-state index in [2.05, 4.69) is 47.7 Å². The SMILES string of the molecule is CC(=N)c1c(NCc2cccc(C)n2)cccc1NC(=O)c1csc2c(Nc3ccc(CN4CCN(C)CC4)c(F)c3)ncnc12. The highest BCUT2D eigenvalue weighted by atomic mass is 32.1. The number of fused-ring (bicyclic) bond motifs is 1. The van der Waals surface area contributed by atoms with E-state index in [-0.39, 0.29) is 11.7 Å². The molecule has 12 heteroatoms. The molecule has 0 aliphatic carbocycles. The first-order valence-electron chi connectivity index (χ1n) is 15.1. The van der Waals surface area contributed by atoms with Crippen molar-refractivity contribution in [3.63, 3.8) is 0 Å². The average Bonchev–Trinajstić information content (AvgIpc) is 3.48. The molecule has 1 saturated heterocycles. The molecule has 0 saturated carbocycles. The molecule has 1 aliphatic rings. The second-order valence-electron chi connectivity index (χ2n) is 11.5. The summed E-state index contributed by atoms with van der Waals surface area (Å²) < 4.78 is 15.8. The van der Waals surface area contributed by atoms with Gasteiger partial charge in [0.1, 0.15) is 12.1 Å². The van der Waals surface area contributed by atoms with Gasteiger partial charge in [-0.25, -0.2) is 14.4 Å². The smallest absolute Gasteiger partial charge is 0.258 e. The molecule has 5 aromatic rings. The number of hydrogen-bond donors (Lipinski definition) is 4. The van der Waals surface area contributed by atoms with E-state index in [0.29, 0.717) is 62.9 Å². The van der Waals surface area contributed by atoms with Gasteiger partial charge >= 0.3 is 0 Å². The van der Waals surface area contributed by atoms with E-state index in [1.165, 1.54) is 23.7 Å². The highest BCUT2D eigenvalue weighted by Crippen LogP contribution is 2.33. The minimum absolute atomic E-state index is 0.273. The minimum atomic E-state index is -0.352. The van der Waals surface area contributed by atoms with Crippen LogP contribution in [0.25, 0.3) is 10.2 Å². The molecule has 1 fully saturated rings. The lowest BCUT2D eigenvalue weighted by molar-refractivity contribution is 0.102. The quantitative estimate of drug-likeness (QED) is 0.132. The summed E-state index contributed by atoms with van der Waals surface area (Å²) in [5.41, 5.74) is 6.03. The maximum absolute atomic E-state index is 15.1. The van der Waals surface area contributed by atoms with Gasteiger partial charge in [0, 0.05) is 72.0 Å². The number of rotatable bonds is 10. The number of nitrogens with one attached hydrogen (secondary N) is 4. The zero-order valence-corrected chi connectivity index (χ0v) is 26.8. The lowest BCUT2D eigenvalue weighted by Gasteiger charge is -2.32. The first-order chi connectivity index (χ1) is 22.2. The van der Waals surface area contributed by atoms with Gasteiger partial charge in [0.2, 0.25) is 0 Å². The number of thiophene rings is 1. The van der Waals surface area contributed by atoms with E-state index < -0.39 is 0 Å². The average molecular weight is 638 g/mol. The van der Waals surface area contributed by atoms with Crippen LogP contribution in [0.15, 0.2) is 66.3 Å². The van der Waals surface area contributed by atoms with E-state index in [1.54, 1.807) is 18.4 Å². The Hall–Kier alpha value is -4.78. The van der Waals surface area contributed by atoms with Crippen LogP contribution in [0.2, 0.25) is 0 Å². The third kappa shape index (κ3) is 7.04. The topological polar surface area (TPSA) is 122 Å². The number of hydrogen-bond acceptors (Lipinski definition) is 10. The standard InChI is InChI=1S/C34H36FN9OS/c1-21-6-4-7-25(40-21)17-37-28-8-5-9-29(30(28)22(2)36)42-34(45)26-19-46-32-31(26)38-20-39-33(32)41-24-11-10-23(27(35)16-24)18-44-14-12-43(3)13-15-44/h4-11,16,19-20,36-37H,12-15,17-18H2,1-3H3,(H,42,45)(H,38,39,41). The van der Waals surface area contributed by atoms with Crippen molar-refractivity contribution in [3.05, 3.63) is 100 Å². The molecule has 2 aromatic carbocycles. The summed E-state index contributed by atoms with van der Waals surface area (Å²) in [6.07, 6.45) is 1.39. The van der Waals surface area contributed by atoms with Crippen molar-refractivity contribution >= 4 is 56.1 Å². The number of carbonyl (C=O) groups excluding carboxylic acids is 1. The summed E-state index contributed by atoms with van der Waals surface area (Å²) in [6, 6.07) is 16.5. The lowest BCUT2D eigenvalue weighted by Crippen LogP contribution is -2.44. The zero-order valence-electron chi connectivity index (χ0n) is 26.0. The van der Waals surface area contributed by atoms with Crippen LogP contribution < -0.4 is 16.0 Å². The highest BCUT2D eigenvalue weighted by Gasteiger charge is 2.20. The van der Waals surface area contributed by atoms with Crippen LogP contribution >= 0.6 is 11.3 Å².